The highest BCUT2D eigenvalue weighted by atomic mass is 32.1. The van der Waals surface area contributed by atoms with Crippen molar-refractivity contribution in [1.29, 1.82) is 0 Å². The topological polar surface area (TPSA) is 15.7 Å². The van der Waals surface area contributed by atoms with E-state index >= 15 is 0 Å². The highest BCUT2D eigenvalue weighted by molar-refractivity contribution is 7.17. The van der Waals surface area contributed by atoms with Crippen LogP contribution in [0.4, 0.5) is 0 Å². The highest BCUT2D eigenvalue weighted by Crippen LogP contribution is 2.29. The van der Waals surface area contributed by atoms with Crippen molar-refractivity contribution in [1.82, 2.24) is 9.80 Å². The Labute approximate surface area is 194 Å². The molecule has 1 unspecified atom stereocenters. The Morgan fingerprint density at radius 2 is 1.59 bits per heavy atom. The van der Waals surface area contributed by atoms with E-state index < -0.39 is 0 Å². The number of rotatable bonds is 7. The molecule has 1 aromatic heterocycles. The van der Waals surface area contributed by atoms with Crippen molar-refractivity contribution in [2.45, 2.75) is 26.1 Å². The van der Waals surface area contributed by atoms with E-state index in [-0.39, 0.29) is 0 Å². The monoisotopic (exact) mass is 442 g/mol. The maximum Gasteiger partial charge on any atom is 0.120 e. The first kappa shape index (κ1) is 21.2. The fourth-order valence-corrected chi connectivity index (χ4v) is 5.52. The van der Waals surface area contributed by atoms with Gasteiger partial charge in [-0.05, 0) is 52.6 Å². The summed E-state index contributed by atoms with van der Waals surface area (Å²) >= 11 is 1.79. The summed E-state index contributed by atoms with van der Waals surface area (Å²) in [6.45, 7) is 7.99. The third-order valence-electron chi connectivity index (χ3n) is 6.35. The van der Waals surface area contributed by atoms with Crippen molar-refractivity contribution in [3.63, 3.8) is 0 Å². The summed E-state index contributed by atoms with van der Waals surface area (Å²) in [7, 11) is 0. The van der Waals surface area contributed by atoms with Gasteiger partial charge in [0.2, 0.25) is 0 Å². The third kappa shape index (κ3) is 5.04. The Morgan fingerprint density at radius 1 is 0.875 bits per heavy atom. The van der Waals surface area contributed by atoms with E-state index in [9.17, 15) is 0 Å². The lowest BCUT2D eigenvalue weighted by atomic mass is 10.1. The Kier molecular flexibility index (Phi) is 6.54. The molecule has 1 aliphatic rings. The van der Waals surface area contributed by atoms with Crippen LogP contribution >= 0.6 is 11.3 Å². The molecule has 0 amide bonds. The van der Waals surface area contributed by atoms with Gasteiger partial charge >= 0.3 is 0 Å². The molecule has 1 aliphatic heterocycles. The highest BCUT2D eigenvalue weighted by Gasteiger charge is 2.27. The van der Waals surface area contributed by atoms with Gasteiger partial charge in [0.1, 0.15) is 12.4 Å². The van der Waals surface area contributed by atoms with Gasteiger partial charge in [0.15, 0.2) is 0 Å². The molecule has 0 bridgehead atoms. The lowest BCUT2D eigenvalue weighted by molar-refractivity contribution is 0.0376. The van der Waals surface area contributed by atoms with Gasteiger partial charge in [-0.25, -0.2) is 0 Å². The molecular formula is C28H30N2OS. The Balaban J connectivity index is 1.29. The number of aryl methyl sites for hydroxylation is 1. The number of hydrogen-bond acceptors (Lipinski definition) is 4. The average molecular weight is 443 g/mol. The lowest BCUT2D eigenvalue weighted by Gasteiger charge is -2.41. The fraction of sp³-hybridized carbons (Fsp3) is 0.286. The standard InChI is InChI=1S/C28H30N2OS/c1-22-21-32-28-16-26(12-13-27(22)28)31-20-25-19-29(17-23-8-4-2-5-9-23)14-15-30(25)18-24-10-6-3-7-11-24/h2-13,16,21,25H,14-15,17-20H2,1H3. The van der Waals surface area contributed by atoms with E-state index in [1.165, 1.54) is 26.8 Å². The summed E-state index contributed by atoms with van der Waals surface area (Å²) in [4.78, 5) is 5.15. The SMILES string of the molecule is Cc1csc2cc(OCC3CN(Cc4ccccc4)CCN3Cc3ccccc3)ccc12. The van der Waals surface area contributed by atoms with E-state index in [1.807, 2.05) is 0 Å². The largest absolute Gasteiger partial charge is 0.492 e. The van der Waals surface area contributed by atoms with Crippen LogP contribution in [0.25, 0.3) is 10.1 Å². The van der Waals surface area contributed by atoms with Crippen molar-refractivity contribution in [2.24, 2.45) is 0 Å². The zero-order chi connectivity index (χ0) is 21.8. The molecular weight excluding hydrogens is 412 g/mol. The molecule has 3 nitrogen and oxygen atoms in total. The molecule has 32 heavy (non-hydrogen) atoms. The second-order valence-corrected chi connectivity index (χ2v) is 9.63. The zero-order valence-electron chi connectivity index (χ0n) is 18.6. The summed E-state index contributed by atoms with van der Waals surface area (Å²) in [6, 6.07) is 28.4. The lowest BCUT2D eigenvalue weighted by Crippen LogP contribution is -2.54. The molecule has 0 spiro atoms. The minimum absolute atomic E-state index is 0.355. The number of benzene rings is 3. The Morgan fingerprint density at radius 3 is 2.34 bits per heavy atom. The third-order valence-corrected chi connectivity index (χ3v) is 7.41. The first-order chi connectivity index (χ1) is 15.7. The molecule has 0 saturated carbocycles. The number of fused-ring (bicyclic) bond motifs is 1. The van der Waals surface area contributed by atoms with E-state index in [0.29, 0.717) is 12.6 Å². The molecule has 0 aliphatic carbocycles. The van der Waals surface area contributed by atoms with Crippen molar-refractivity contribution < 1.29 is 4.74 Å². The van der Waals surface area contributed by atoms with Crippen LogP contribution in [0.1, 0.15) is 16.7 Å². The summed E-state index contributed by atoms with van der Waals surface area (Å²) in [5.41, 5.74) is 4.08. The van der Waals surface area contributed by atoms with Crippen LogP contribution < -0.4 is 4.74 Å². The summed E-state index contributed by atoms with van der Waals surface area (Å²) in [5, 5.41) is 3.55. The zero-order valence-corrected chi connectivity index (χ0v) is 19.4. The van der Waals surface area contributed by atoms with Gasteiger partial charge in [-0.2, -0.15) is 0 Å². The number of hydrogen-bond donors (Lipinski definition) is 0. The van der Waals surface area contributed by atoms with Gasteiger partial charge in [-0.3, -0.25) is 9.80 Å². The Hall–Kier alpha value is -2.66. The van der Waals surface area contributed by atoms with E-state index in [4.69, 9.17) is 4.74 Å². The van der Waals surface area contributed by atoms with Crippen LogP contribution in [0.15, 0.2) is 84.2 Å². The molecule has 0 radical (unpaired) electrons. The maximum absolute atomic E-state index is 6.37. The average Bonchev–Trinajstić information content (AvgIpc) is 3.20. The summed E-state index contributed by atoms with van der Waals surface area (Å²) in [5.74, 6) is 0.971. The molecule has 4 aromatic rings. The molecule has 2 heterocycles. The van der Waals surface area contributed by atoms with Crippen LogP contribution in [0, 0.1) is 6.92 Å². The van der Waals surface area contributed by atoms with Gasteiger partial charge in [-0.1, -0.05) is 60.7 Å². The van der Waals surface area contributed by atoms with E-state index in [1.54, 1.807) is 11.3 Å². The van der Waals surface area contributed by atoms with Crippen molar-refractivity contribution in [2.75, 3.05) is 26.2 Å². The molecule has 1 saturated heterocycles. The molecule has 5 rings (SSSR count). The molecule has 1 fully saturated rings. The Bertz CT molecular complexity index is 1140. The molecule has 4 heteroatoms. The minimum Gasteiger partial charge on any atom is -0.492 e. The number of nitrogens with zero attached hydrogens (tertiary/aromatic N) is 2. The van der Waals surface area contributed by atoms with Gasteiger partial charge < -0.3 is 4.74 Å². The summed E-state index contributed by atoms with van der Waals surface area (Å²) in [6.07, 6.45) is 0. The van der Waals surface area contributed by atoms with Crippen molar-refractivity contribution in [3.05, 3.63) is 101 Å². The van der Waals surface area contributed by atoms with Crippen LogP contribution in [0.2, 0.25) is 0 Å². The number of piperazine rings is 1. The second kappa shape index (κ2) is 9.86. The first-order valence-electron chi connectivity index (χ1n) is 11.4. The first-order valence-corrected chi connectivity index (χ1v) is 12.3. The number of ether oxygens (including phenoxy) is 1. The minimum atomic E-state index is 0.355. The van der Waals surface area contributed by atoms with Gasteiger partial charge in [0, 0.05) is 37.4 Å². The van der Waals surface area contributed by atoms with Crippen LogP contribution in [0.3, 0.4) is 0 Å². The van der Waals surface area contributed by atoms with Gasteiger partial charge in [0.25, 0.3) is 0 Å². The molecule has 1 atom stereocenters. The summed E-state index contributed by atoms with van der Waals surface area (Å²) < 4.78 is 7.67. The predicted octanol–water partition coefficient (Wildman–Crippen LogP) is 5.98. The molecule has 3 aromatic carbocycles. The smallest absolute Gasteiger partial charge is 0.120 e. The predicted molar refractivity (Wildman–Crippen MR) is 134 cm³/mol. The van der Waals surface area contributed by atoms with Crippen LogP contribution in [0.5, 0.6) is 5.75 Å². The van der Waals surface area contributed by atoms with Crippen molar-refractivity contribution >= 4 is 21.4 Å². The quantitative estimate of drug-likeness (QED) is 0.350. The van der Waals surface area contributed by atoms with Gasteiger partial charge in [-0.15, -0.1) is 11.3 Å². The van der Waals surface area contributed by atoms with Gasteiger partial charge in [0.05, 0.1) is 6.04 Å². The number of thiophene rings is 1. The molecule has 164 valence electrons. The van der Waals surface area contributed by atoms with Crippen LogP contribution in [-0.2, 0) is 13.1 Å². The normalized spacial score (nSPS) is 17.6. The fourth-order valence-electron chi connectivity index (χ4n) is 4.55. The van der Waals surface area contributed by atoms with E-state index in [2.05, 4.69) is 101 Å². The van der Waals surface area contributed by atoms with E-state index in [0.717, 1.165) is 38.5 Å². The molecule has 0 N–H and O–H groups in total. The second-order valence-electron chi connectivity index (χ2n) is 8.72. The van der Waals surface area contributed by atoms with Crippen LogP contribution in [-0.4, -0.2) is 42.1 Å². The van der Waals surface area contributed by atoms with Crippen molar-refractivity contribution in [3.8, 4) is 5.75 Å². The maximum atomic E-state index is 6.37.